The number of allylic oxidation sites excluding steroid dienone is 1. The Morgan fingerprint density at radius 3 is 2.59 bits per heavy atom. The van der Waals surface area contributed by atoms with Crippen LogP contribution in [0.4, 0.5) is 0 Å². The summed E-state index contributed by atoms with van der Waals surface area (Å²) in [4.78, 5) is 2.64. The van der Waals surface area contributed by atoms with Crippen LogP contribution in [0, 0.1) is 6.92 Å². The lowest BCUT2D eigenvalue weighted by molar-refractivity contribution is 0.167. The molecule has 1 fully saturated rings. The second-order valence-electron chi connectivity index (χ2n) is 6.19. The average Bonchev–Trinajstić information content (AvgIpc) is 2.58. The summed E-state index contributed by atoms with van der Waals surface area (Å²) in [7, 11) is 0. The van der Waals surface area contributed by atoms with Crippen molar-refractivity contribution in [3.8, 4) is 0 Å². The van der Waals surface area contributed by atoms with Gasteiger partial charge in [-0.1, -0.05) is 42.5 Å². The number of fused-ring (bicyclic) bond motifs is 1. The van der Waals surface area contributed by atoms with Crippen LogP contribution in [-0.2, 0) is 0 Å². The average molecular weight is 294 g/mol. The highest BCUT2D eigenvalue weighted by molar-refractivity contribution is 5.88. The van der Waals surface area contributed by atoms with Crippen molar-refractivity contribution in [1.29, 1.82) is 0 Å². The van der Waals surface area contributed by atoms with Crippen LogP contribution in [0.3, 0.4) is 0 Å². The minimum absolute atomic E-state index is 0.491. The van der Waals surface area contributed by atoms with E-state index in [9.17, 15) is 0 Å². The van der Waals surface area contributed by atoms with E-state index in [0.717, 1.165) is 39.0 Å². The Labute approximate surface area is 133 Å². The normalized spacial score (nSPS) is 17.5. The largest absolute Gasteiger partial charge is 0.314 e. The maximum absolute atomic E-state index is 3.92. The van der Waals surface area contributed by atoms with Crippen molar-refractivity contribution in [2.24, 2.45) is 0 Å². The fourth-order valence-electron chi connectivity index (χ4n) is 3.57. The number of benzene rings is 2. The van der Waals surface area contributed by atoms with Crippen LogP contribution in [0.25, 0.3) is 10.8 Å². The monoisotopic (exact) mass is 294 g/mol. The lowest BCUT2D eigenvalue weighted by atomic mass is 9.92. The Morgan fingerprint density at radius 2 is 1.86 bits per heavy atom. The molecule has 1 heterocycles. The van der Waals surface area contributed by atoms with Gasteiger partial charge in [-0.05, 0) is 41.7 Å². The van der Waals surface area contributed by atoms with Crippen LogP contribution in [0.2, 0.25) is 0 Å². The zero-order valence-corrected chi connectivity index (χ0v) is 13.5. The van der Waals surface area contributed by atoms with E-state index in [1.807, 2.05) is 6.08 Å². The summed E-state index contributed by atoms with van der Waals surface area (Å²) in [5, 5.41) is 6.26. The van der Waals surface area contributed by atoms with Gasteiger partial charge in [0, 0.05) is 32.2 Å². The number of rotatable bonds is 5. The fourth-order valence-corrected chi connectivity index (χ4v) is 3.57. The molecular formula is C20H26N2. The van der Waals surface area contributed by atoms with Crippen molar-refractivity contribution in [3.63, 3.8) is 0 Å². The molecule has 1 N–H and O–H groups in total. The summed E-state index contributed by atoms with van der Waals surface area (Å²) in [5.41, 5.74) is 2.84. The van der Waals surface area contributed by atoms with E-state index in [0.29, 0.717) is 6.04 Å². The van der Waals surface area contributed by atoms with Gasteiger partial charge in [0.2, 0.25) is 0 Å². The molecule has 1 aliphatic heterocycles. The van der Waals surface area contributed by atoms with E-state index >= 15 is 0 Å². The third-order valence-electron chi connectivity index (χ3n) is 4.77. The van der Waals surface area contributed by atoms with Gasteiger partial charge in [-0.25, -0.2) is 0 Å². The number of nitrogens with zero attached hydrogens (tertiary/aromatic N) is 1. The van der Waals surface area contributed by atoms with Crippen LogP contribution < -0.4 is 5.32 Å². The van der Waals surface area contributed by atoms with Crippen molar-refractivity contribution in [3.05, 3.63) is 60.2 Å². The van der Waals surface area contributed by atoms with Crippen LogP contribution in [0.5, 0.6) is 0 Å². The van der Waals surface area contributed by atoms with Crippen molar-refractivity contribution in [1.82, 2.24) is 10.2 Å². The summed E-state index contributed by atoms with van der Waals surface area (Å²) in [6.45, 7) is 10.6. The summed E-state index contributed by atoms with van der Waals surface area (Å²) in [6.07, 6.45) is 4.26. The maximum Gasteiger partial charge on any atom is 0.0358 e. The lowest BCUT2D eigenvalue weighted by Crippen LogP contribution is -2.45. The van der Waals surface area contributed by atoms with Gasteiger partial charge < -0.3 is 5.32 Å². The lowest BCUT2D eigenvalue weighted by Gasteiger charge is -2.36. The zero-order valence-electron chi connectivity index (χ0n) is 13.5. The number of nitrogens with one attached hydrogen (secondary N) is 1. The van der Waals surface area contributed by atoms with E-state index in [4.69, 9.17) is 0 Å². The molecule has 2 aromatic carbocycles. The first-order chi connectivity index (χ1) is 10.8. The number of piperazine rings is 1. The van der Waals surface area contributed by atoms with Crippen LogP contribution in [-0.4, -0.2) is 31.1 Å². The first-order valence-corrected chi connectivity index (χ1v) is 8.35. The van der Waals surface area contributed by atoms with Crippen LogP contribution in [0.1, 0.15) is 30.0 Å². The molecule has 0 saturated carbocycles. The predicted molar refractivity (Wildman–Crippen MR) is 95.3 cm³/mol. The van der Waals surface area contributed by atoms with E-state index in [-0.39, 0.29) is 0 Å². The molecule has 2 nitrogen and oxygen atoms in total. The Kier molecular flexibility index (Phi) is 4.91. The molecular weight excluding hydrogens is 268 g/mol. The van der Waals surface area contributed by atoms with E-state index < -0.39 is 0 Å². The predicted octanol–water partition coefficient (Wildman–Crippen LogP) is 4.06. The first kappa shape index (κ1) is 15.3. The quantitative estimate of drug-likeness (QED) is 0.837. The molecule has 0 amide bonds. The van der Waals surface area contributed by atoms with Crippen molar-refractivity contribution < 1.29 is 0 Å². The molecule has 0 radical (unpaired) electrons. The van der Waals surface area contributed by atoms with E-state index in [2.05, 4.69) is 60.1 Å². The zero-order chi connectivity index (χ0) is 15.4. The van der Waals surface area contributed by atoms with Gasteiger partial charge in [-0.15, -0.1) is 6.58 Å². The van der Waals surface area contributed by atoms with Gasteiger partial charge in [0.25, 0.3) is 0 Å². The highest BCUT2D eigenvalue weighted by atomic mass is 15.2. The van der Waals surface area contributed by atoms with Crippen molar-refractivity contribution in [2.75, 3.05) is 26.2 Å². The Bertz CT molecular complexity index is 641. The summed E-state index contributed by atoms with van der Waals surface area (Å²) in [5.74, 6) is 0. The number of hydrogen-bond donors (Lipinski definition) is 1. The van der Waals surface area contributed by atoms with E-state index in [1.165, 1.54) is 21.9 Å². The Hall–Kier alpha value is -1.64. The van der Waals surface area contributed by atoms with Gasteiger partial charge in [0.15, 0.2) is 0 Å². The molecule has 0 unspecified atom stereocenters. The minimum atomic E-state index is 0.491. The topological polar surface area (TPSA) is 15.3 Å². The van der Waals surface area contributed by atoms with E-state index in [1.54, 1.807) is 0 Å². The highest BCUT2D eigenvalue weighted by Crippen LogP contribution is 2.33. The number of hydrogen-bond acceptors (Lipinski definition) is 2. The van der Waals surface area contributed by atoms with Gasteiger partial charge >= 0.3 is 0 Å². The van der Waals surface area contributed by atoms with Gasteiger partial charge in [0.05, 0.1) is 0 Å². The molecule has 0 aromatic heterocycles. The Morgan fingerprint density at radius 1 is 1.14 bits per heavy atom. The standard InChI is InChI=1S/C20H26N2/c1-3-4-9-20(22-14-12-21-13-15-22)19-11-10-16(2)17-7-5-6-8-18(17)19/h3,5-8,10-11,20-21H,1,4,9,12-15H2,2H3/t20-/m1/s1. The molecule has 116 valence electrons. The Balaban J connectivity index is 2.03. The molecule has 2 aromatic rings. The molecule has 0 spiro atoms. The SMILES string of the molecule is C=CCC[C@H](c1ccc(C)c2ccccc12)N1CCNCC1. The minimum Gasteiger partial charge on any atom is -0.314 e. The molecule has 1 aliphatic rings. The maximum atomic E-state index is 3.92. The third kappa shape index (κ3) is 3.08. The van der Waals surface area contributed by atoms with Gasteiger partial charge in [-0.2, -0.15) is 0 Å². The molecule has 22 heavy (non-hydrogen) atoms. The molecule has 3 rings (SSSR count). The van der Waals surface area contributed by atoms with Gasteiger partial charge in [0.1, 0.15) is 0 Å². The van der Waals surface area contributed by atoms with Crippen LogP contribution in [0.15, 0.2) is 49.1 Å². The summed E-state index contributed by atoms with van der Waals surface area (Å²) < 4.78 is 0. The van der Waals surface area contributed by atoms with Crippen molar-refractivity contribution >= 4 is 10.8 Å². The first-order valence-electron chi connectivity index (χ1n) is 8.35. The van der Waals surface area contributed by atoms with Crippen LogP contribution >= 0.6 is 0 Å². The summed E-state index contributed by atoms with van der Waals surface area (Å²) in [6, 6.07) is 13.9. The fraction of sp³-hybridized carbons (Fsp3) is 0.400. The summed E-state index contributed by atoms with van der Waals surface area (Å²) >= 11 is 0. The van der Waals surface area contributed by atoms with Crippen molar-refractivity contribution in [2.45, 2.75) is 25.8 Å². The third-order valence-corrected chi connectivity index (χ3v) is 4.77. The number of aryl methyl sites for hydroxylation is 1. The molecule has 2 heteroatoms. The smallest absolute Gasteiger partial charge is 0.0358 e. The second-order valence-corrected chi connectivity index (χ2v) is 6.19. The highest BCUT2D eigenvalue weighted by Gasteiger charge is 2.23. The molecule has 0 aliphatic carbocycles. The van der Waals surface area contributed by atoms with Gasteiger partial charge in [-0.3, -0.25) is 4.90 Å². The second kappa shape index (κ2) is 7.08. The molecule has 1 atom stereocenters. The molecule has 1 saturated heterocycles. The molecule has 0 bridgehead atoms.